The molecule has 19 heavy (non-hydrogen) atoms. The van der Waals surface area contributed by atoms with Gasteiger partial charge in [0.2, 0.25) is 0 Å². The van der Waals surface area contributed by atoms with E-state index in [9.17, 15) is 4.79 Å². The second-order valence-corrected chi connectivity index (χ2v) is 5.11. The molecule has 0 aromatic carbocycles. The van der Waals surface area contributed by atoms with Gasteiger partial charge < -0.3 is 15.0 Å². The average molecular weight is 262 g/mol. The predicted molar refractivity (Wildman–Crippen MR) is 69.9 cm³/mol. The molecule has 1 aliphatic carbocycles. The van der Waals surface area contributed by atoms with Gasteiger partial charge in [-0.3, -0.25) is 9.78 Å². The van der Waals surface area contributed by atoms with E-state index in [0.29, 0.717) is 19.2 Å². The van der Waals surface area contributed by atoms with E-state index in [2.05, 4.69) is 20.2 Å². The first-order chi connectivity index (χ1) is 9.22. The summed E-state index contributed by atoms with van der Waals surface area (Å²) in [4.78, 5) is 22.6. The van der Waals surface area contributed by atoms with Crippen molar-refractivity contribution in [1.29, 1.82) is 0 Å². The predicted octanol–water partition coefficient (Wildman–Crippen LogP) is 0.269. The molecule has 0 radical (unpaired) electrons. The van der Waals surface area contributed by atoms with Crippen molar-refractivity contribution in [1.82, 2.24) is 15.3 Å². The number of nitrogens with zero attached hydrogens (tertiary/aromatic N) is 3. The lowest BCUT2D eigenvalue weighted by molar-refractivity contribution is -0.133. The molecule has 6 heteroatoms. The molecule has 1 saturated carbocycles. The summed E-state index contributed by atoms with van der Waals surface area (Å²) in [6.45, 7) is 3.73. The molecule has 0 bridgehead atoms. The van der Waals surface area contributed by atoms with Crippen LogP contribution in [0.2, 0.25) is 0 Å². The van der Waals surface area contributed by atoms with Gasteiger partial charge in [0.25, 0.3) is 5.91 Å². The summed E-state index contributed by atoms with van der Waals surface area (Å²) < 4.78 is 5.55. The van der Waals surface area contributed by atoms with E-state index >= 15 is 0 Å². The van der Waals surface area contributed by atoms with E-state index in [1.807, 2.05) is 6.92 Å². The second kappa shape index (κ2) is 5.13. The van der Waals surface area contributed by atoms with Gasteiger partial charge in [-0.2, -0.15) is 0 Å². The minimum absolute atomic E-state index is 0.00666. The first kappa shape index (κ1) is 12.3. The maximum absolute atomic E-state index is 12.0. The molecular weight excluding hydrogens is 244 g/mol. The van der Waals surface area contributed by atoms with Gasteiger partial charge in [0.05, 0.1) is 25.0 Å². The van der Waals surface area contributed by atoms with Crippen molar-refractivity contribution in [2.75, 3.05) is 24.6 Å². The van der Waals surface area contributed by atoms with Gasteiger partial charge in [-0.15, -0.1) is 0 Å². The van der Waals surface area contributed by atoms with Gasteiger partial charge in [-0.1, -0.05) is 0 Å². The highest BCUT2D eigenvalue weighted by Crippen LogP contribution is 2.20. The molecule has 1 N–H and O–H groups in total. The van der Waals surface area contributed by atoms with Gasteiger partial charge in [0.1, 0.15) is 5.82 Å². The fourth-order valence-corrected chi connectivity index (χ4v) is 2.14. The Morgan fingerprint density at radius 1 is 1.47 bits per heavy atom. The molecule has 1 aromatic rings. The van der Waals surface area contributed by atoms with Crippen LogP contribution in [-0.2, 0) is 9.53 Å². The Morgan fingerprint density at radius 3 is 3.05 bits per heavy atom. The number of carbonyl (C=O) groups is 1. The summed E-state index contributed by atoms with van der Waals surface area (Å²) in [5.74, 6) is 0.806. The number of aryl methyl sites for hydroxylation is 1. The number of rotatable bonds is 3. The third kappa shape index (κ3) is 3.01. The first-order valence-electron chi connectivity index (χ1n) is 6.68. The summed E-state index contributed by atoms with van der Waals surface area (Å²) in [6, 6.07) is 0.366. The number of nitrogens with one attached hydrogen (secondary N) is 1. The molecular formula is C13H18N4O2. The number of ether oxygens (including phenoxy) is 1. The molecule has 1 amide bonds. The van der Waals surface area contributed by atoms with Crippen LogP contribution in [-0.4, -0.2) is 47.7 Å². The average Bonchev–Trinajstić information content (AvgIpc) is 3.23. The monoisotopic (exact) mass is 262 g/mol. The lowest BCUT2D eigenvalue weighted by atomic mass is 10.2. The number of amides is 1. The molecule has 1 aromatic heterocycles. The fourth-order valence-electron chi connectivity index (χ4n) is 2.14. The number of carbonyl (C=O) groups excluding carboxylic acids is 1. The van der Waals surface area contributed by atoms with E-state index in [0.717, 1.165) is 30.9 Å². The Hall–Kier alpha value is -1.69. The summed E-state index contributed by atoms with van der Waals surface area (Å²) in [5, 5.41) is 2.98. The van der Waals surface area contributed by atoms with Gasteiger partial charge >= 0.3 is 0 Å². The van der Waals surface area contributed by atoms with Crippen LogP contribution in [0.25, 0.3) is 0 Å². The van der Waals surface area contributed by atoms with Crippen molar-refractivity contribution in [2.24, 2.45) is 0 Å². The van der Waals surface area contributed by atoms with Crippen molar-refractivity contribution in [3.63, 3.8) is 0 Å². The molecule has 1 aliphatic heterocycles. The lowest BCUT2D eigenvalue weighted by Crippen LogP contribution is -2.50. The third-order valence-corrected chi connectivity index (χ3v) is 3.35. The van der Waals surface area contributed by atoms with E-state index in [-0.39, 0.29) is 5.91 Å². The van der Waals surface area contributed by atoms with E-state index < -0.39 is 6.10 Å². The molecule has 2 heterocycles. The minimum atomic E-state index is -0.406. The number of aromatic nitrogens is 2. The van der Waals surface area contributed by atoms with Gasteiger partial charge in [0, 0.05) is 18.8 Å². The Morgan fingerprint density at radius 2 is 2.32 bits per heavy atom. The smallest absolute Gasteiger partial charge is 0.251 e. The topological polar surface area (TPSA) is 67.4 Å². The van der Waals surface area contributed by atoms with Crippen LogP contribution >= 0.6 is 0 Å². The summed E-state index contributed by atoms with van der Waals surface area (Å²) >= 11 is 0. The summed E-state index contributed by atoms with van der Waals surface area (Å²) in [5.41, 5.74) is 0.878. The van der Waals surface area contributed by atoms with Crippen LogP contribution < -0.4 is 10.2 Å². The molecule has 2 fully saturated rings. The standard InChI is InChI=1S/C13H18N4O2/c1-9-6-14-7-12(15-9)17-4-5-19-11(8-17)13(18)16-10-2-3-10/h6-7,10-11H,2-5,8H2,1H3,(H,16,18). The first-order valence-corrected chi connectivity index (χ1v) is 6.68. The van der Waals surface area contributed by atoms with Crippen LogP contribution in [0.1, 0.15) is 18.5 Å². The zero-order chi connectivity index (χ0) is 13.2. The molecule has 1 atom stereocenters. The Bertz CT molecular complexity index is 475. The van der Waals surface area contributed by atoms with E-state index in [1.165, 1.54) is 0 Å². The minimum Gasteiger partial charge on any atom is -0.365 e. The maximum atomic E-state index is 12.0. The number of hydrogen-bond donors (Lipinski definition) is 1. The maximum Gasteiger partial charge on any atom is 0.251 e. The number of morpholine rings is 1. The Balaban J connectivity index is 1.65. The number of anilines is 1. The molecule has 2 aliphatic rings. The fraction of sp³-hybridized carbons (Fsp3) is 0.615. The molecule has 6 nitrogen and oxygen atoms in total. The quantitative estimate of drug-likeness (QED) is 0.847. The van der Waals surface area contributed by atoms with Gasteiger partial charge in [0.15, 0.2) is 6.10 Å². The van der Waals surface area contributed by atoms with Crippen LogP contribution in [0.3, 0.4) is 0 Å². The van der Waals surface area contributed by atoms with Crippen molar-refractivity contribution in [3.05, 3.63) is 18.1 Å². The normalized spacial score (nSPS) is 23.2. The SMILES string of the molecule is Cc1cncc(N2CCOC(C(=O)NC3CC3)C2)n1. The Labute approximate surface area is 112 Å². The molecule has 102 valence electrons. The molecule has 1 unspecified atom stereocenters. The molecule has 1 saturated heterocycles. The zero-order valence-electron chi connectivity index (χ0n) is 11.0. The van der Waals surface area contributed by atoms with Crippen molar-refractivity contribution < 1.29 is 9.53 Å². The highest BCUT2D eigenvalue weighted by Gasteiger charge is 2.31. The number of hydrogen-bond acceptors (Lipinski definition) is 5. The van der Waals surface area contributed by atoms with Gasteiger partial charge in [-0.05, 0) is 19.8 Å². The summed E-state index contributed by atoms with van der Waals surface area (Å²) in [7, 11) is 0. The second-order valence-electron chi connectivity index (χ2n) is 5.11. The highest BCUT2D eigenvalue weighted by molar-refractivity contribution is 5.82. The van der Waals surface area contributed by atoms with Crippen molar-refractivity contribution in [2.45, 2.75) is 31.9 Å². The van der Waals surface area contributed by atoms with E-state index in [4.69, 9.17) is 4.74 Å². The lowest BCUT2D eigenvalue weighted by Gasteiger charge is -2.32. The highest BCUT2D eigenvalue weighted by atomic mass is 16.5. The Kier molecular flexibility index (Phi) is 3.33. The van der Waals surface area contributed by atoms with E-state index in [1.54, 1.807) is 12.4 Å². The van der Waals surface area contributed by atoms with Crippen molar-refractivity contribution in [3.8, 4) is 0 Å². The molecule has 0 spiro atoms. The van der Waals surface area contributed by atoms with Crippen LogP contribution in [0.15, 0.2) is 12.4 Å². The third-order valence-electron chi connectivity index (χ3n) is 3.35. The largest absolute Gasteiger partial charge is 0.365 e. The van der Waals surface area contributed by atoms with Gasteiger partial charge in [-0.25, -0.2) is 4.98 Å². The molecule has 3 rings (SSSR count). The zero-order valence-corrected chi connectivity index (χ0v) is 11.0. The summed E-state index contributed by atoms with van der Waals surface area (Å²) in [6.07, 6.45) is 5.23. The van der Waals surface area contributed by atoms with Crippen LogP contribution in [0, 0.1) is 6.92 Å². The van der Waals surface area contributed by atoms with Crippen molar-refractivity contribution >= 4 is 11.7 Å². The van der Waals surface area contributed by atoms with Crippen LogP contribution in [0.5, 0.6) is 0 Å². The van der Waals surface area contributed by atoms with Crippen LogP contribution in [0.4, 0.5) is 5.82 Å².